The normalized spacial score (nSPS) is 13.9. The zero-order valence-electron chi connectivity index (χ0n) is 16.3. The van der Waals surface area contributed by atoms with Gasteiger partial charge in [-0.2, -0.15) is 0 Å². The molecule has 10 heteroatoms. The first-order chi connectivity index (χ1) is 14.1. The average molecular weight is 470 g/mol. The van der Waals surface area contributed by atoms with Gasteiger partial charge in [0.25, 0.3) is 5.91 Å². The lowest BCUT2D eigenvalue weighted by Crippen LogP contribution is -2.38. The molecule has 0 spiro atoms. The number of nitrogens with one attached hydrogen (secondary N) is 1. The molecule has 1 N–H and O–H groups in total. The van der Waals surface area contributed by atoms with Gasteiger partial charge in [0.2, 0.25) is 15.9 Å². The minimum absolute atomic E-state index is 0.162. The predicted molar refractivity (Wildman–Crippen MR) is 119 cm³/mol. The number of hydrogen-bond donors (Lipinski definition) is 1. The van der Waals surface area contributed by atoms with Crippen molar-refractivity contribution in [3.63, 3.8) is 0 Å². The van der Waals surface area contributed by atoms with Crippen LogP contribution >= 0.6 is 23.2 Å². The molecule has 0 saturated carbocycles. The summed E-state index contributed by atoms with van der Waals surface area (Å²) in [6.07, 6.45) is 2.89. The van der Waals surface area contributed by atoms with Gasteiger partial charge in [-0.15, -0.1) is 0 Å². The molecule has 2 aromatic rings. The fourth-order valence-electron chi connectivity index (χ4n) is 3.27. The van der Waals surface area contributed by atoms with Crippen LogP contribution in [0.4, 0.5) is 11.4 Å². The third-order valence-corrected chi connectivity index (χ3v) is 6.22. The molecule has 30 heavy (non-hydrogen) atoms. The van der Waals surface area contributed by atoms with Crippen molar-refractivity contribution in [2.45, 2.75) is 12.8 Å². The minimum atomic E-state index is -3.80. The molecule has 0 bridgehead atoms. The number of carbonyl (C=O) groups excluding carboxylic acids is 2. The Balaban J connectivity index is 1.82. The van der Waals surface area contributed by atoms with Crippen molar-refractivity contribution in [2.75, 3.05) is 35.5 Å². The average Bonchev–Trinajstić information content (AvgIpc) is 3.19. The number of hydrogen-bond acceptors (Lipinski definition) is 4. The Labute approximate surface area is 185 Å². The van der Waals surface area contributed by atoms with Gasteiger partial charge in [0.15, 0.2) is 0 Å². The van der Waals surface area contributed by atoms with E-state index < -0.39 is 22.5 Å². The molecule has 0 aliphatic carbocycles. The van der Waals surface area contributed by atoms with Crippen LogP contribution in [0.15, 0.2) is 42.5 Å². The van der Waals surface area contributed by atoms with E-state index in [9.17, 15) is 18.0 Å². The van der Waals surface area contributed by atoms with Crippen molar-refractivity contribution in [3.05, 3.63) is 58.1 Å². The Morgan fingerprint density at radius 2 is 1.67 bits per heavy atom. The lowest BCUT2D eigenvalue weighted by molar-refractivity contribution is -0.114. The second-order valence-corrected chi connectivity index (χ2v) is 9.77. The Morgan fingerprint density at radius 3 is 2.27 bits per heavy atom. The van der Waals surface area contributed by atoms with Crippen LogP contribution in [0, 0.1) is 0 Å². The van der Waals surface area contributed by atoms with E-state index in [1.54, 1.807) is 29.2 Å². The smallest absolute Gasteiger partial charge is 0.255 e. The molecule has 2 amide bonds. The number of para-hydroxylation sites is 1. The first-order valence-electron chi connectivity index (χ1n) is 9.27. The summed E-state index contributed by atoms with van der Waals surface area (Å²) >= 11 is 12.0. The molecule has 3 rings (SSSR count). The van der Waals surface area contributed by atoms with E-state index in [2.05, 4.69) is 5.32 Å². The van der Waals surface area contributed by atoms with Gasteiger partial charge in [-0.25, -0.2) is 8.42 Å². The largest absolute Gasteiger partial charge is 0.339 e. The summed E-state index contributed by atoms with van der Waals surface area (Å²) in [6, 6.07) is 11.0. The third kappa shape index (κ3) is 5.44. The van der Waals surface area contributed by atoms with E-state index >= 15 is 0 Å². The number of benzene rings is 2. The van der Waals surface area contributed by atoms with Crippen molar-refractivity contribution in [1.29, 1.82) is 0 Å². The summed E-state index contributed by atoms with van der Waals surface area (Å²) in [5, 5.41) is 3.15. The molecule has 0 unspecified atom stereocenters. The lowest BCUT2D eigenvalue weighted by atomic mass is 10.1. The van der Waals surface area contributed by atoms with Crippen LogP contribution in [0.25, 0.3) is 0 Å². The van der Waals surface area contributed by atoms with Gasteiger partial charge in [0.1, 0.15) is 6.54 Å². The molecule has 1 fully saturated rings. The minimum Gasteiger partial charge on any atom is -0.339 e. The lowest BCUT2D eigenvalue weighted by Gasteiger charge is -2.23. The first kappa shape index (κ1) is 22.4. The van der Waals surface area contributed by atoms with Crippen molar-refractivity contribution in [2.24, 2.45) is 0 Å². The molecular formula is C20H21Cl2N3O4S. The van der Waals surface area contributed by atoms with Crippen molar-refractivity contribution >= 4 is 56.4 Å². The van der Waals surface area contributed by atoms with Gasteiger partial charge in [-0.05, 0) is 43.2 Å². The predicted octanol–water partition coefficient (Wildman–Crippen LogP) is 3.63. The van der Waals surface area contributed by atoms with Gasteiger partial charge in [-0.3, -0.25) is 13.9 Å². The molecule has 1 aliphatic rings. The number of halogens is 2. The standard InChI is InChI=1S/C20H21Cl2N3O4S/c1-30(28,29)25(16-11-14(21)10-15(22)12-16)13-19(26)23-18-7-3-2-6-17(18)20(27)24-8-4-5-9-24/h2-3,6-7,10-12H,4-5,8-9,13H2,1H3,(H,23,26). The van der Waals surface area contributed by atoms with E-state index in [1.807, 2.05) is 0 Å². The molecule has 7 nitrogen and oxygen atoms in total. The molecule has 160 valence electrons. The summed E-state index contributed by atoms with van der Waals surface area (Å²) in [7, 11) is -3.80. The zero-order valence-corrected chi connectivity index (χ0v) is 18.6. The fraction of sp³-hybridized carbons (Fsp3) is 0.300. The maximum absolute atomic E-state index is 12.8. The number of anilines is 2. The maximum atomic E-state index is 12.8. The SMILES string of the molecule is CS(=O)(=O)N(CC(=O)Nc1ccccc1C(=O)N1CCCC1)c1cc(Cl)cc(Cl)c1. The molecule has 0 radical (unpaired) electrons. The first-order valence-corrected chi connectivity index (χ1v) is 11.9. The van der Waals surface area contributed by atoms with Gasteiger partial charge in [-0.1, -0.05) is 35.3 Å². The second kappa shape index (κ2) is 9.24. The van der Waals surface area contributed by atoms with Gasteiger partial charge < -0.3 is 10.2 Å². The summed E-state index contributed by atoms with van der Waals surface area (Å²) in [5.74, 6) is -0.761. The van der Waals surface area contributed by atoms with Gasteiger partial charge in [0.05, 0.1) is 23.2 Å². The molecule has 1 saturated heterocycles. The molecule has 0 aromatic heterocycles. The molecule has 1 aliphatic heterocycles. The van der Waals surface area contributed by atoms with Gasteiger partial charge in [0, 0.05) is 23.1 Å². The van der Waals surface area contributed by atoms with Gasteiger partial charge >= 0.3 is 0 Å². The summed E-state index contributed by atoms with van der Waals surface area (Å²) in [6.45, 7) is 0.860. The summed E-state index contributed by atoms with van der Waals surface area (Å²) in [5.41, 5.74) is 0.869. The van der Waals surface area contributed by atoms with E-state index in [1.165, 1.54) is 18.2 Å². The maximum Gasteiger partial charge on any atom is 0.255 e. The number of carbonyl (C=O) groups is 2. The molecule has 2 aromatic carbocycles. The third-order valence-electron chi connectivity index (χ3n) is 4.65. The molecule has 0 atom stereocenters. The highest BCUT2D eigenvalue weighted by Crippen LogP contribution is 2.27. The monoisotopic (exact) mass is 469 g/mol. The Kier molecular flexibility index (Phi) is 6.90. The van der Waals surface area contributed by atoms with E-state index in [4.69, 9.17) is 23.2 Å². The Hall–Kier alpha value is -2.29. The van der Waals surface area contributed by atoms with Crippen LogP contribution in [0.3, 0.4) is 0 Å². The topological polar surface area (TPSA) is 86.8 Å². The zero-order chi connectivity index (χ0) is 21.9. The van der Waals surface area contributed by atoms with Crippen LogP contribution in [0.2, 0.25) is 10.0 Å². The highest BCUT2D eigenvalue weighted by atomic mass is 35.5. The van der Waals surface area contributed by atoms with Crippen molar-refractivity contribution in [3.8, 4) is 0 Å². The van der Waals surface area contributed by atoms with Crippen LogP contribution in [-0.4, -0.2) is 51.0 Å². The van der Waals surface area contributed by atoms with Crippen LogP contribution in [0.1, 0.15) is 23.2 Å². The number of amides is 2. The number of likely N-dealkylation sites (tertiary alicyclic amines) is 1. The van der Waals surface area contributed by atoms with Crippen LogP contribution < -0.4 is 9.62 Å². The number of sulfonamides is 1. The second-order valence-electron chi connectivity index (χ2n) is 6.99. The van der Waals surface area contributed by atoms with Crippen LogP contribution in [0.5, 0.6) is 0 Å². The van der Waals surface area contributed by atoms with Crippen molar-refractivity contribution < 1.29 is 18.0 Å². The number of nitrogens with zero attached hydrogens (tertiary/aromatic N) is 2. The van der Waals surface area contributed by atoms with E-state index in [-0.39, 0.29) is 21.6 Å². The van der Waals surface area contributed by atoms with Crippen molar-refractivity contribution in [1.82, 2.24) is 4.90 Å². The van der Waals surface area contributed by atoms with Crippen LogP contribution in [-0.2, 0) is 14.8 Å². The molecular weight excluding hydrogens is 449 g/mol. The van der Waals surface area contributed by atoms with E-state index in [0.29, 0.717) is 24.3 Å². The highest BCUT2D eigenvalue weighted by molar-refractivity contribution is 7.92. The highest BCUT2D eigenvalue weighted by Gasteiger charge is 2.25. The number of rotatable bonds is 6. The summed E-state index contributed by atoms with van der Waals surface area (Å²) < 4.78 is 25.5. The molecule has 1 heterocycles. The fourth-order valence-corrected chi connectivity index (χ4v) is 4.63. The van der Waals surface area contributed by atoms with E-state index in [0.717, 1.165) is 23.4 Å². The Bertz CT molecular complexity index is 1050. The summed E-state index contributed by atoms with van der Waals surface area (Å²) in [4.78, 5) is 27.2. The quantitative estimate of drug-likeness (QED) is 0.699. The Morgan fingerprint density at radius 1 is 1.07 bits per heavy atom.